The number of carbonyl (C=O) groups is 3. The topological polar surface area (TPSA) is 103 Å². The van der Waals surface area contributed by atoms with E-state index in [0.717, 1.165) is 6.07 Å². The van der Waals surface area contributed by atoms with E-state index in [1.54, 1.807) is 24.3 Å². The summed E-state index contributed by atoms with van der Waals surface area (Å²) < 4.78 is 54.7. The van der Waals surface area contributed by atoms with E-state index in [4.69, 9.17) is 14.2 Å². The second kappa shape index (κ2) is 10.9. The Labute approximate surface area is 175 Å². The van der Waals surface area contributed by atoms with E-state index in [1.165, 1.54) is 14.0 Å². The number of rotatable bonds is 9. The number of hydrogen-bond donors (Lipinski definition) is 2. The number of anilines is 1. The normalized spacial score (nSPS) is 11.3. The summed E-state index contributed by atoms with van der Waals surface area (Å²) in [7, 11) is 1.50. The number of halogens is 3. The van der Waals surface area contributed by atoms with Crippen molar-refractivity contribution in [1.29, 1.82) is 0 Å². The lowest BCUT2D eigenvalue weighted by molar-refractivity contribution is -0.156. The molecule has 1 atom stereocenters. The van der Waals surface area contributed by atoms with Gasteiger partial charge >= 0.3 is 5.97 Å². The van der Waals surface area contributed by atoms with Gasteiger partial charge < -0.3 is 24.8 Å². The van der Waals surface area contributed by atoms with Gasteiger partial charge in [0.1, 0.15) is 11.5 Å². The van der Waals surface area contributed by atoms with Crippen LogP contribution >= 0.6 is 0 Å². The Morgan fingerprint density at radius 1 is 0.968 bits per heavy atom. The van der Waals surface area contributed by atoms with Gasteiger partial charge in [-0.1, -0.05) is 0 Å². The number of methoxy groups -OCH3 is 1. The predicted molar refractivity (Wildman–Crippen MR) is 102 cm³/mol. The summed E-state index contributed by atoms with van der Waals surface area (Å²) >= 11 is 0. The fraction of sp³-hybridized carbons (Fsp3) is 0.250. The van der Waals surface area contributed by atoms with E-state index in [1.807, 2.05) is 5.32 Å². The van der Waals surface area contributed by atoms with Crippen molar-refractivity contribution in [2.45, 2.75) is 13.0 Å². The van der Waals surface area contributed by atoms with E-state index >= 15 is 0 Å². The monoisotopic (exact) mass is 440 g/mol. The van der Waals surface area contributed by atoms with Gasteiger partial charge in [-0.2, -0.15) is 0 Å². The summed E-state index contributed by atoms with van der Waals surface area (Å²) in [5, 5.41) is 4.15. The van der Waals surface area contributed by atoms with Gasteiger partial charge in [-0.3, -0.25) is 9.59 Å². The third kappa shape index (κ3) is 6.91. The number of carbonyl (C=O) groups excluding carboxylic acids is 3. The molecule has 2 aromatic rings. The number of amides is 2. The molecule has 31 heavy (non-hydrogen) atoms. The van der Waals surface area contributed by atoms with Crippen LogP contribution < -0.4 is 20.1 Å². The van der Waals surface area contributed by atoms with Gasteiger partial charge in [0.2, 0.25) is 5.91 Å². The SMILES string of the molecule is COc1ccc(OCC(=O)OC(C)C(=O)NCC(=O)Nc2ccc(F)c(F)c2F)cc1. The van der Waals surface area contributed by atoms with Crippen LogP contribution in [0.5, 0.6) is 11.5 Å². The Morgan fingerprint density at radius 3 is 2.26 bits per heavy atom. The summed E-state index contributed by atoms with van der Waals surface area (Å²) in [4.78, 5) is 35.5. The molecule has 2 aromatic carbocycles. The zero-order valence-electron chi connectivity index (χ0n) is 16.5. The minimum atomic E-state index is -1.74. The molecule has 0 aliphatic heterocycles. The molecule has 0 aliphatic carbocycles. The number of hydrogen-bond acceptors (Lipinski definition) is 6. The fourth-order valence-electron chi connectivity index (χ4n) is 2.23. The van der Waals surface area contributed by atoms with Gasteiger partial charge in [-0.25, -0.2) is 18.0 Å². The van der Waals surface area contributed by atoms with Crippen LogP contribution in [0.1, 0.15) is 6.92 Å². The first-order chi connectivity index (χ1) is 14.7. The highest BCUT2D eigenvalue weighted by atomic mass is 19.2. The maximum Gasteiger partial charge on any atom is 0.344 e. The van der Waals surface area contributed by atoms with Crippen molar-refractivity contribution in [3.8, 4) is 11.5 Å². The van der Waals surface area contributed by atoms with Crippen LogP contribution in [0.2, 0.25) is 0 Å². The zero-order valence-corrected chi connectivity index (χ0v) is 16.5. The minimum Gasteiger partial charge on any atom is -0.497 e. The first-order valence-electron chi connectivity index (χ1n) is 8.88. The summed E-state index contributed by atoms with van der Waals surface area (Å²) in [6.45, 7) is 0.189. The molecule has 1 unspecified atom stereocenters. The van der Waals surface area contributed by atoms with E-state index in [9.17, 15) is 27.6 Å². The molecule has 0 fully saturated rings. The Hall–Kier alpha value is -3.76. The lowest BCUT2D eigenvalue weighted by Gasteiger charge is -2.14. The second-order valence-electron chi connectivity index (χ2n) is 6.09. The maximum absolute atomic E-state index is 13.5. The molecule has 0 heterocycles. The lowest BCUT2D eigenvalue weighted by atomic mass is 10.2. The van der Waals surface area contributed by atoms with Crippen molar-refractivity contribution in [3.63, 3.8) is 0 Å². The summed E-state index contributed by atoms with van der Waals surface area (Å²) in [6, 6.07) is 7.90. The van der Waals surface area contributed by atoms with Crippen molar-refractivity contribution >= 4 is 23.5 Å². The molecule has 0 aromatic heterocycles. The molecule has 2 N–H and O–H groups in total. The average molecular weight is 440 g/mol. The second-order valence-corrected chi connectivity index (χ2v) is 6.09. The van der Waals surface area contributed by atoms with Crippen molar-refractivity contribution < 1.29 is 41.8 Å². The number of ether oxygens (including phenoxy) is 3. The van der Waals surface area contributed by atoms with E-state index in [0.29, 0.717) is 17.6 Å². The molecule has 0 bridgehead atoms. The Morgan fingerprint density at radius 2 is 1.61 bits per heavy atom. The van der Waals surface area contributed by atoms with Crippen molar-refractivity contribution in [3.05, 3.63) is 53.8 Å². The van der Waals surface area contributed by atoms with Gasteiger partial charge in [0.15, 0.2) is 30.2 Å². The molecule has 0 saturated carbocycles. The van der Waals surface area contributed by atoms with E-state index in [2.05, 4.69) is 5.32 Å². The van der Waals surface area contributed by atoms with Crippen molar-refractivity contribution in [2.24, 2.45) is 0 Å². The number of esters is 1. The lowest BCUT2D eigenvalue weighted by Crippen LogP contribution is -2.40. The highest BCUT2D eigenvalue weighted by Crippen LogP contribution is 2.19. The van der Waals surface area contributed by atoms with Crippen LogP contribution in [0.3, 0.4) is 0 Å². The first kappa shape index (κ1) is 23.5. The molecule has 0 radical (unpaired) electrons. The van der Waals surface area contributed by atoms with Crippen LogP contribution in [-0.4, -0.2) is 44.1 Å². The highest BCUT2D eigenvalue weighted by Gasteiger charge is 2.20. The zero-order chi connectivity index (χ0) is 23.0. The van der Waals surface area contributed by atoms with Gasteiger partial charge in [0.05, 0.1) is 19.3 Å². The van der Waals surface area contributed by atoms with Gasteiger partial charge in [0, 0.05) is 0 Å². The Kier molecular flexibility index (Phi) is 8.24. The van der Waals surface area contributed by atoms with Gasteiger partial charge in [0.25, 0.3) is 5.91 Å². The molecule has 0 spiro atoms. The average Bonchev–Trinajstić information content (AvgIpc) is 2.76. The summed E-state index contributed by atoms with van der Waals surface area (Å²) in [5.74, 6) is -6.26. The van der Waals surface area contributed by atoms with Crippen LogP contribution in [0, 0.1) is 17.5 Å². The molecule has 166 valence electrons. The van der Waals surface area contributed by atoms with E-state index in [-0.39, 0.29) is 0 Å². The minimum absolute atomic E-state index is 0.385. The largest absolute Gasteiger partial charge is 0.497 e. The smallest absolute Gasteiger partial charge is 0.344 e. The van der Waals surface area contributed by atoms with Crippen LogP contribution in [0.15, 0.2) is 36.4 Å². The van der Waals surface area contributed by atoms with E-state index < -0.39 is 60.2 Å². The molecule has 0 saturated heterocycles. The summed E-state index contributed by atoms with van der Waals surface area (Å²) in [6.07, 6.45) is -1.25. The maximum atomic E-state index is 13.5. The quantitative estimate of drug-likeness (QED) is 0.458. The molecular weight excluding hydrogens is 421 g/mol. The number of nitrogens with one attached hydrogen (secondary N) is 2. The highest BCUT2D eigenvalue weighted by molar-refractivity contribution is 5.95. The molecular formula is C20H19F3N2O6. The Bertz CT molecular complexity index is 953. The molecule has 8 nitrogen and oxygen atoms in total. The van der Waals surface area contributed by atoms with Crippen molar-refractivity contribution in [2.75, 3.05) is 25.6 Å². The van der Waals surface area contributed by atoms with Crippen LogP contribution in [-0.2, 0) is 19.1 Å². The predicted octanol–water partition coefficient (Wildman–Crippen LogP) is 2.18. The third-order valence-corrected chi connectivity index (χ3v) is 3.83. The Balaban J connectivity index is 1.75. The van der Waals surface area contributed by atoms with Gasteiger partial charge in [-0.05, 0) is 43.3 Å². The first-order valence-corrected chi connectivity index (χ1v) is 8.88. The molecule has 2 rings (SSSR count). The third-order valence-electron chi connectivity index (χ3n) is 3.83. The molecule has 11 heteroatoms. The standard InChI is InChI=1S/C20H19F3N2O6/c1-11(31-17(27)10-30-13-5-3-12(29-2)4-6-13)20(28)24-9-16(26)25-15-8-7-14(21)18(22)19(15)23/h3-8,11H,9-10H2,1-2H3,(H,24,28)(H,25,26). The molecule has 0 aliphatic rings. The van der Waals surface area contributed by atoms with Crippen molar-refractivity contribution in [1.82, 2.24) is 5.32 Å². The number of benzene rings is 2. The fourth-order valence-corrected chi connectivity index (χ4v) is 2.23. The van der Waals surface area contributed by atoms with Gasteiger partial charge in [-0.15, -0.1) is 0 Å². The van der Waals surface area contributed by atoms with Crippen LogP contribution in [0.4, 0.5) is 18.9 Å². The summed E-state index contributed by atoms with van der Waals surface area (Å²) in [5.41, 5.74) is -0.590. The molecule has 2 amide bonds. The van der Waals surface area contributed by atoms with Crippen LogP contribution in [0.25, 0.3) is 0 Å².